The van der Waals surface area contributed by atoms with E-state index in [1.807, 2.05) is 64.2 Å². The molecule has 1 saturated carbocycles. The summed E-state index contributed by atoms with van der Waals surface area (Å²) in [5.74, 6) is 2.18. The second-order valence-corrected chi connectivity index (χ2v) is 8.84. The average molecular weight is 453 g/mol. The largest absolute Gasteiger partial charge is 0.457 e. The summed E-state index contributed by atoms with van der Waals surface area (Å²) < 4.78 is 8.03. The minimum Gasteiger partial charge on any atom is -0.457 e. The Kier molecular flexibility index (Phi) is 4.79. The monoisotopic (exact) mass is 452 g/mol. The third kappa shape index (κ3) is 3.30. The summed E-state index contributed by atoms with van der Waals surface area (Å²) >= 11 is 0. The fourth-order valence-corrected chi connectivity index (χ4v) is 5.37. The Morgan fingerprint density at radius 1 is 1.09 bits per heavy atom. The van der Waals surface area contributed by atoms with Crippen molar-refractivity contribution < 1.29 is 9.53 Å². The number of hydrogen-bond acceptors (Lipinski definition) is 6. The van der Waals surface area contributed by atoms with E-state index >= 15 is 0 Å². The van der Waals surface area contributed by atoms with Crippen LogP contribution in [0.2, 0.25) is 0 Å². The molecule has 34 heavy (non-hydrogen) atoms. The molecule has 2 N–H and O–H groups in total. The number of likely N-dealkylation sites (tertiary alicyclic amines) is 1. The minimum absolute atomic E-state index is 0.00115. The number of nitrogens with zero attached hydrogens (tertiary/aromatic N) is 5. The molecule has 2 fully saturated rings. The Hall–Kier alpha value is -4.20. The van der Waals surface area contributed by atoms with Crippen molar-refractivity contribution in [3.63, 3.8) is 0 Å². The number of nitrogen functional groups attached to an aromatic ring is 1. The molecule has 8 nitrogen and oxygen atoms in total. The highest BCUT2D eigenvalue weighted by Crippen LogP contribution is 2.46. The summed E-state index contributed by atoms with van der Waals surface area (Å²) in [6.45, 7) is 4.34. The number of carbonyl (C=O) groups is 1. The third-order valence-corrected chi connectivity index (χ3v) is 6.88. The molecule has 8 heteroatoms. The van der Waals surface area contributed by atoms with E-state index in [2.05, 4.69) is 16.5 Å². The maximum Gasteiger partial charge on any atom is 0.246 e. The predicted octanol–water partition coefficient (Wildman–Crippen LogP) is 4.22. The number of ether oxygens (including phenoxy) is 1. The van der Waals surface area contributed by atoms with Crippen LogP contribution in [0, 0.1) is 5.92 Å². The van der Waals surface area contributed by atoms with Crippen molar-refractivity contribution in [2.45, 2.75) is 24.9 Å². The highest BCUT2D eigenvalue weighted by atomic mass is 16.5. The smallest absolute Gasteiger partial charge is 0.246 e. The molecule has 6 rings (SSSR count). The summed E-state index contributed by atoms with van der Waals surface area (Å²) in [4.78, 5) is 22.9. The van der Waals surface area contributed by atoms with Crippen LogP contribution < -0.4 is 10.5 Å². The maximum atomic E-state index is 12.2. The number of carbonyl (C=O) groups excluding carboxylic acids is 1. The van der Waals surface area contributed by atoms with Gasteiger partial charge in [0, 0.05) is 24.1 Å². The number of piperidine rings is 1. The first-order chi connectivity index (χ1) is 16.6. The maximum absolute atomic E-state index is 12.2. The summed E-state index contributed by atoms with van der Waals surface area (Å²) in [6.07, 6.45) is 4.67. The van der Waals surface area contributed by atoms with Crippen LogP contribution in [0.1, 0.15) is 18.9 Å². The van der Waals surface area contributed by atoms with Crippen LogP contribution >= 0.6 is 0 Å². The predicted molar refractivity (Wildman–Crippen MR) is 129 cm³/mol. The second kappa shape index (κ2) is 7.98. The van der Waals surface area contributed by atoms with Gasteiger partial charge in [0.2, 0.25) is 5.91 Å². The van der Waals surface area contributed by atoms with E-state index in [9.17, 15) is 4.79 Å². The van der Waals surface area contributed by atoms with Gasteiger partial charge in [-0.15, -0.1) is 0 Å². The Morgan fingerprint density at radius 2 is 1.91 bits per heavy atom. The number of para-hydroxylation sites is 1. The van der Waals surface area contributed by atoms with Crippen molar-refractivity contribution in [3.8, 4) is 22.8 Å². The molecule has 4 aromatic rings. The van der Waals surface area contributed by atoms with Crippen molar-refractivity contribution in [3.05, 3.63) is 73.6 Å². The van der Waals surface area contributed by atoms with E-state index in [4.69, 9.17) is 15.6 Å². The molecule has 2 aromatic carbocycles. The van der Waals surface area contributed by atoms with Gasteiger partial charge in [0.05, 0.1) is 11.4 Å². The van der Waals surface area contributed by atoms with Crippen molar-refractivity contribution in [1.29, 1.82) is 0 Å². The van der Waals surface area contributed by atoms with Gasteiger partial charge in [-0.2, -0.15) is 5.10 Å². The normalized spacial score (nSPS) is 21.2. The molecule has 3 atom stereocenters. The van der Waals surface area contributed by atoms with Crippen LogP contribution in [-0.4, -0.2) is 43.1 Å². The zero-order valence-corrected chi connectivity index (χ0v) is 18.5. The van der Waals surface area contributed by atoms with Gasteiger partial charge in [0.1, 0.15) is 29.3 Å². The van der Waals surface area contributed by atoms with Gasteiger partial charge < -0.3 is 15.4 Å². The van der Waals surface area contributed by atoms with E-state index in [1.165, 1.54) is 12.4 Å². The summed E-state index contributed by atoms with van der Waals surface area (Å²) in [5.41, 5.74) is 8.65. The van der Waals surface area contributed by atoms with Crippen LogP contribution in [0.4, 0.5) is 5.82 Å². The Bertz CT molecular complexity index is 1400. The average Bonchev–Trinajstić information content (AvgIpc) is 3.57. The molecular formula is C26H24N6O2. The van der Waals surface area contributed by atoms with Gasteiger partial charge in [-0.3, -0.25) is 4.79 Å². The van der Waals surface area contributed by atoms with E-state index in [1.54, 1.807) is 0 Å². The number of anilines is 1. The van der Waals surface area contributed by atoms with Gasteiger partial charge >= 0.3 is 0 Å². The number of hydrogen-bond donors (Lipinski definition) is 1. The zero-order chi connectivity index (χ0) is 23.2. The fourth-order valence-electron chi connectivity index (χ4n) is 5.37. The van der Waals surface area contributed by atoms with E-state index in [0.29, 0.717) is 24.0 Å². The van der Waals surface area contributed by atoms with E-state index in [0.717, 1.165) is 40.9 Å². The van der Waals surface area contributed by atoms with Crippen molar-refractivity contribution in [1.82, 2.24) is 24.6 Å². The number of aromatic nitrogens is 4. The lowest BCUT2D eigenvalue weighted by Gasteiger charge is -2.31. The molecule has 2 bridgehead atoms. The molecule has 1 aliphatic carbocycles. The van der Waals surface area contributed by atoms with Gasteiger partial charge in [0.15, 0.2) is 5.65 Å². The second-order valence-electron chi connectivity index (χ2n) is 8.84. The first-order valence-corrected chi connectivity index (χ1v) is 11.4. The molecule has 2 aromatic heterocycles. The van der Waals surface area contributed by atoms with Gasteiger partial charge in [0.25, 0.3) is 0 Å². The topological polar surface area (TPSA) is 99.2 Å². The fraction of sp³-hybridized carbons (Fsp3) is 0.231. The van der Waals surface area contributed by atoms with Crippen LogP contribution in [0.15, 0.2) is 73.6 Å². The third-order valence-electron chi connectivity index (χ3n) is 6.88. The Morgan fingerprint density at radius 3 is 2.68 bits per heavy atom. The highest BCUT2D eigenvalue weighted by Gasteiger charge is 2.47. The molecule has 1 aliphatic heterocycles. The molecule has 170 valence electrons. The summed E-state index contributed by atoms with van der Waals surface area (Å²) in [7, 11) is 0. The molecule has 1 amide bonds. The number of fused-ring (bicyclic) bond motifs is 3. The summed E-state index contributed by atoms with van der Waals surface area (Å²) in [5, 5.41) is 5.75. The van der Waals surface area contributed by atoms with Crippen LogP contribution in [0.5, 0.6) is 11.5 Å². The van der Waals surface area contributed by atoms with Crippen LogP contribution in [0.25, 0.3) is 22.3 Å². The zero-order valence-electron chi connectivity index (χ0n) is 18.5. The first-order valence-electron chi connectivity index (χ1n) is 11.4. The molecule has 0 spiro atoms. The van der Waals surface area contributed by atoms with Gasteiger partial charge in [-0.1, -0.05) is 36.9 Å². The Balaban J connectivity index is 1.38. The number of nitrogens with two attached hydrogens (primary N) is 1. The number of amides is 1. The highest BCUT2D eigenvalue weighted by molar-refractivity contribution is 5.98. The van der Waals surface area contributed by atoms with E-state index < -0.39 is 0 Å². The van der Waals surface area contributed by atoms with E-state index in [-0.39, 0.29) is 18.0 Å². The lowest BCUT2D eigenvalue weighted by atomic mass is 10.0. The lowest BCUT2D eigenvalue weighted by Crippen LogP contribution is -2.39. The molecule has 3 heterocycles. The first kappa shape index (κ1) is 20.4. The molecule has 0 radical (unpaired) electrons. The van der Waals surface area contributed by atoms with Crippen molar-refractivity contribution >= 4 is 22.8 Å². The number of benzene rings is 2. The van der Waals surface area contributed by atoms with Crippen LogP contribution in [-0.2, 0) is 4.79 Å². The molecule has 3 unspecified atom stereocenters. The Labute approximate surface area is 196 Å². The molecular weight excluding hydrogens is 428 g/mol. The number of rotatable bonds is 5. The minimum atomic E-state index is -0.00115. The SMILES string of the molecule is C=CC(=O)N1CC2CC1CC2n1nc(-c2cccc(Oc3ccccc3)c2)c2c(N)ncnc21. The summed E-state index contributed by atoms with van der Waals surface area (Å²) in [6, 6.07) is 17.8. The van der Waals surface area contributed by atoms with Crippen LogP contribution in [0.3, 0.4) is 0 Å². The van der Waals surface area contributed by atoms with Gasteiger partial charge in [-0.25, -0.2) is 14.6 Å². The van der Waals surface area contributed by atoms with Crippen molar-refractivity contribution in [2.75, 3.05) is 12.3 Å². The quantitative estimate of drug-likeness (QED) is 0.455. The van der Waals surface area contributed by atoms with Gasteiger partial charge in [-0.05, 0) is 43.2 Å². The van der Waals surface area contributed by atoms with Crippen molar-refractivity contribution in [2.24, 2.45) is 5.92 Å². The molecule has 2 aliphatic rings. The standard InChI is InChI=1S/C26H24N6O2/c1-2-22(33)31-14-17-11-18(31)13-21(17)32-26-23(25(27)28-15-29-26)24(30-32)16-7-6-10-20(12-16)34-19-8-4-3-5-9-19/h2-10,12,15,17-18,21H,1,11,13-14H2,(H2,27,28,29). The molecule has 1 saturated heterocycles. The lowest BCUT2D eigenvalue weighted by molar-refractivity contribution is -0.127.